The van der Waals surface area contributed by atoms with Gasteiger partial charge < -0.3 is 4.74 Å². The third-order valence-corrected chi connectivity index (χ3v) is 3.57. The van der Waals surface area contributed by atoms with Gasteiger partial charge in [0, 0.05) is 6.61 Å². The van der Waals surface area contributed by atoms with Crippen LogP contribution in [0, 0.1) is 5.92 Å². The van der Waals surface area contributed by atoms with E-state index in [1.807, 2.05) is 6.92 Å². The molecule has 2 nitrogen and oxygen atoms in total. The highest BCUT2D eigenvalue weighted by atomic mass is 16.5. The minimum atomic E-state index is 0.127. The van der Waals surface area contributed by atoms with Gasteiger partial charge in [-0.05, 0) is 44.6 Å². The molecule has 15 heavy (non-hydrogen) atoms. The van der Waals surface area contributed by atoms with Crippen molar-refractivity contribution in [3.8, 4) is 0 Å². The first-order valence-corrected chi connectivity index (χ1v) is 6.14. The molecule has 0 amide bonds. The normalized spacial score (nSPS) is 32.2. The molecule has 0 aromatic carbocycles. The van der Waals surface area contributed by atoms with Crippen molar-refractivity contribution in [2.75, 3.05) is 6.61 Å². The van der Waals surface area contributed by atoms with Crippen molar-refractivity contribution in [2.45, 2.75) is 51.6 Å². The summed E-state index contributed by atoms with van der Waals surface area (Å²) < 4.78 is 5.46. The van der Waals surface area contributed by atoms with E-state index in [0.29, 0.717) is 5.78 Å². The molecule has 1 aliphatic heterocycles. The summed E-state index contributed by atoms with van der Waals surface area (Å²) in [5.41, 5.74) is 1.08. The van der Waals surface area contributed by atoms with Gasteiger partial charge in [0.25, 0.3) is 0 Å². The standard InChI is InChI=1S/C13H20O2/c1-10-12(8-9-15-10)13(14)11-6-4-2-3-5-7-11/h6,10,12H,2-5,7-9H2,1H3. The zero-order chi connectivity index (χ0) is 10.7. The third kappa shape index (κ3) is 2.49. The minimum Gasteiger partial charge on any atom is -0.378 e. The van der Waals surface area contributed by atoms with Gasteiger partial charge in [0.2, 0.25) is 0 Å². The third-order valence-electron chi connectivity index (χ3n) is 3.57. The quantitative estimate of drug-likeness (QED) is 0.697. The van der Waals surface area contributed by atoms with Crippen LogP contribution in [-0.4, -0.2) is 18.5 Å². The SMILES string of the molecule is CC1OCCC1C(=O)C1=CCCCCC1. The monoisotopic (exact) mass is 208 g/mol. The molecule has 0 aromatic heterocycles. The van der Waals surface area contributed by atoms with Crippen LogP contribution in [0.5, 0.6) is 0 Å². The van der Waals surface area contributed by atoms with Crippen molar-refractivity contribution in [1.29, 1.82) is 0 Å². The molecule has 84 valence electrons. The van der Waals surface area contributed by atoms with Crippen LogP contribution in [0.25, 0.3) is 0 Å². The highest BCUT2D eigenvalue weighted by Crippen LogP contribution is 2.27. The van der Waals surface area contributed by atoms with Gasteiger partial charge in [-0.1, -0.05) is 12.5 Å². The highest BCUT2D eigenvalue weighted by Gasteiger charge is 2.32. The lowest BCUT2D eigenvalue weighted by molar-refractivity contribution is -0.120. The first-order chi connectivity index (χ1) is 7.29. The molecule has 0 spiro atoms. The molecule has 1 fully saturated rings. The van der Waals surface area contributed by atoms with E-state index >= 15 is 0 Å². The summed E-state index contributed by atoms with van der Waals surface area (Å²) in [6.45, 7) is 2.78. The average Bonchev–Trinajstić information content (AvgIpc) is 2.53. The summed E-state index contributed by atoms with van der Waals surface area (Å²) in [4.78, 5) is 12.2. The fourth-order valence-corrected chi connectivity index (χ4v) is 2.55. The number of hydrogen-bond donors (Lipinski definition) is 0. The lowest BCUT2D eigenvalue weighted by atomic mass is 9.90. The Hall–Kier alpha value is -0.630. The van der Waals surface area contributed by atoms with Crippen molar-refractivity contribution in [3.63, 3.8) is 0 Å². The van der Waals surface area contributed by atoms with Crippen molar-refractivity contribution >= 4 is 5.78 Å². The summed E-state index contributed by atoms with van der Waals surface area (Å²) >= 11 is 0. The van der Waals surface area contributed by atoms with Crippen molar-refractivity contribution in [3.05, 3.63) is 11.6 Å². The number of Topliss-reactive ketones (excluding diaryl/α,β-unsaturated/α-hetero) is 1. The molecule has 1 heterocycles. The highest BCUT2D eigenvalue weighted by molar-refractivity contribution is 5.97. The fraction of sp³-hybridized carbons (Fsp3) is 0.769. The maximum absolute atomic E-state index is 12.2. The molecule has 1 aliphatic carbocycles. The number of carbonyl (C=O) groups is 1. The Morgan fingerprint density at radius 1 is 1.40 bits per heavy atom. The van der Waals surface area contributed by atoms with Crippen molar-refractivity contribution in [2.24, 2.45) is 5.92 Å². The van der Waals surface area contributed by atoms with Crippen molar-refractivity contribution in [1.82, 2.24) is 0 Å². The number of ether oxygens (including phenoxy) is 1. The summed E-state index contributed by atoms with van der Waals surface area (Å²) in [7, 11) is 0. The minimum absolute atomic E-state index is 0.127. The van der Waals surface area contributed by atoms with E-state index in [-0.39, 0.29) is 12.0 Å². The fourth-order valence-electron chi connectivity index (χ4n) is 2.55. The zero-order valence-corrected chi connectivity index (χ0v) is 9.50. The van der Waals surface area contributed by atoms with Crippen LogP contribution in [0.3, 0.4) is 0 Å². The van der Waals surface area contributed by atoms with Gasteiger partial charge >= 0.3 is 0 Å². The van der Waals surface area contributed by atoms with E-state index in [9.17, 15) is 4.79 Å². The molecule has 0 saturated carbocycles. The molecule has 0 N–H and O–H groups in total. The number of hydrogen-bond acceptors (Lipinski definition) is 2. The smallest absolute Gasteiger partial charge is 0.164 e. The van der Waals surface area contributed by atoms with E-state index in [4.69, 9.17) is 4.74 Å². The molecule has 2 unspecified atom stereocenters. The van der Waals surface area contributed by atoms with Gasteiger partial charge in [0.15, 0.2) is 5.78 Å². The van der Waals surface area contributed by atoms with Gasteiger partial charge in [0.05, 0.1) is 12.0 Å². The number of ketones is 1. The van der Waals surface area contributed by atoms with Gasteiger partial charge in [-0.2, -0.15) is 0 Å². The maximum Gasteiger partial charge on any atom is 0.164 e. The number of allylic oxidation sites excluding steroid dienone is 2. The van der Waals surface area contributed by atoms with Crippen LogP contribution in [-0.2, 0) is 9.53 Å². The van der Waals surface area contributed by atoms with Crippen LogP contribution >= 0.6 is 0 Å². The van der Waals surface area contributed by atoms with Crippen LogP contribution in [0.2, 0.25) is 0 Å². The van der Waals surface area contributed by atoms with Gasteiger partial charge in [-0.15, -0.1) is 0 Å². The summed E-state index contributed by atoms with van der Waals surface area (Å²) in [5, 5.41) is 0. The summed E-state index contributed by atoms with van der Waals surface area (Å²) in [6.07, 6.45) is 8.97. The second-order valence-corrected chi connectivity index (χ2v) is 4.66. The molecule has 2 heteroatoms. The van der Waals surface area contributed by atoms with Gasteiger partial charge in [0.1, 0.15) is 0 Å². The Balaban J connectivity index is 2.02. The Morgan fingerprint density at radius 3 is 3.00 bits per heavy atom. The van der Waals surface area contributed by atoms with Gasteiger partial charge in [-0.3, -0.25) is 4.79 Å². The zero-order valence-electron chi connectivity index (χ0n) is 9.50. The molecule has 1 saturated heterocycles. The predicted octanol–water partition coefficient (Wildman–Crippen LogP) is 2.87. The molecule has 0 aromatic rings. The average molecular weight is 208 g/mol. The van der Waals surface area contributed by atoms with E-state index in [2.05, 4.69) is 6.08 Å². The van der Waals surface area contributed by atoms with E-state index in [1.165, 1.54) is 19.3 Å². The largest absolute Gasteiger partial charge is 0.378 e. The summed E-state index contributed by atoms with van der Waals surface area (Å²) in [5.74, 6) is 0.497. The lowest BCUT2D eigenvalue weighted by Gasteiger charge is -2.14. The second-order valence-electron chi connectivity index (χ2n) is 4.66. The van der Waals surface area contributed by atoms with E-state index < -0.39 is 0 Å². The topological polar surface area (TPSA) is 26.3 Å². The first-order valence-electron chi connectivity index (χ1n) is 6.14. The molecule has 0 bridgehead atoms. The van der Waals surface area contributed by atoms with Crippen LogP contribution in [0.1, 0.15) is 45.4 Å². The molecule has 2 atom stereocenters. The maximum atomic E-state index is 12.2. The van der Waals surface area contributed by atoms with Crippen LogP contribution in [0.4, 0.5) is 0 Å². The molecular weight excluding hydrogens is 188 g/mol. The number of carbonyl (C=O) groups excluding carboxylic acids is 1. The predicted molar refractivity (Wildman–Crippen MR) is 59.7 cm³/mol. The van der Waals surface area contributed by atoms with Crippen LogP contribution < -0.4 is 0 Å². The lowest BCUT2D eigenvalue weighted by Crippen LogP contribution is -2.23. The second kappa shape index (κ2) is 4.93. The Kier molecular flexibility index (Phi) is 3.57. The molecule has 0 radical (unpaired) electrons. The van der Waals surface area contributed by atoms with E-state index in [0.717, 1.165) is 31.4 Å². The van der Waals surface area contributed by atoms with E-state index in [1.54, 1.807) is 0 Å². The Morgan fingerprint density at radius 2 is 2.27 bits per heavy atom. The molecule has 2 rings (SSSR count). The Labute approximate surface area is 91.7 Å². The first kappa shape index (κ1) is 10.9. The van der Waals surface area contributed by atoms with Crippen molar-refractivity contribution < 1.29 is 9.53 Å². The van der Waals surface area contributed by atoms with Crippen LogP contribution in [0.15, 0.2) is 11.6 Å². The Bertz CT molecular complexity index is 268. The number of rotatable bonds is 2. The molecule has 2 aliphatic rings. The van der Waals surface area contributed by atoms with Gasteiger partial charge in [-0.25, -0.2) is 0 Å². The summed E-state index contributed by atoms with van der Waals surface area (Å²) in [6, 6.07) is 0. The molecular formula is C13H20O2.